The van der Waals surface area contributed by atoms with E-state index in [1.54, 1.807) is 0 Å². The van der Waals surface area contributed by atoms with E-state index < -0.39 is 10.8 Å². The quantitative estimate of drug-likeness (QED) is 0.177. The number of anilines is 3. The van der Waals surface area contributed by atoms with Crippen LogP contribution in [0.25, 0.3) is 72.3 Å². The topological polar surface area (TPSA) is 34.0 Å². The fourth-order valence-electron chi connectivity index (χ4n) is 13.5. The first-order valence-corrected chi connectivity index (χ1v) is 24.2. The van der Waals surface area contributed by atoms with Crippen LogP contribution in [0, 0.1) is 0 Å². The maximum Gasteiger partial charge on any atom is 0.0939 e. The second kappa shape index (κ2) is 13.7. The van der Waals surface area contributed by atoms with E-state index in [4.69, 9.17) is 9.97 Å². The summed E-state index contributed by atoms with van der Waals surface area (Å²) in [6.45, 7) is 0. The molecular formula is C66H40N4. The number of rotatable bonds is 3. The minimum Gasteiger partial charge on any atom is -0.310 e. The summed E-state index contributed by atoms with van der Waals surface area (Å²) >= 11 is 0. The van der Waals surface area contributed by atoms with Crippen molar-refractivity contribution in [1.29, 1.82) is 0 Å². The van der Waals surface area contributed by atoms with E-state index >= 15 is 0 Å². The summed E-state index contributed by atoms with van der Waals surface area (Å²) in [6, 6.07) is 85.8. The second-order valence-corrected chi connectivity index (χ2v) is 19.2. The maximum atomic E-state index is 5.50. The molecule has 3 aliphatic carbocycles. The third-order valence-electron chi connectivity index (χ3n) is 16.1. The third-order valence-corrected chi connectivity index (χ3v) is 16.1. The Morgan fingerprint density at radius 1 is 0.314 bits per heavy atom. The van der Waals surface area contributed by atoms with Gasteiger partial charge in [-0.05, 0) is 133 Å². The first-order valence-electron chi connectivity index (χ1n) is 24.2. The molecule has 12 aromatic rings. The molecule has 0 amide bonds. The van der Waals surface area contributed by atoms with Crippen LogP contribution in [-0.2, 0) is 10.8 Å². The van der Waals surface area contributed by atoms with Crippen LogP contribution in [-0.4, -0.2) is 14.5 Å². The van der Waals surface area contributed by atoms with Crippen LogP contribution in [0.2, 0.25) is 0 Å². The molecule has 4 aliphatic rings. The van der Waals surface area contributed by atoms with Crippen molar-refractivity contribution in [2.75, 3.05) is 4.90 Å². The van der Waals surface area contributed by atoms with Crippen LogP contribution >= 0.6 is 0 Å². The van der Waals surface area contributed by atoms with Crippen LogP contribution < -0.4 is 4.90 Å². The molecule has 2 spiro atoms. The molecule has 0 radical (unpaired) electrons. The van der Waals surface area contributed by atoms with Gasteiger partial charge in [0.25, 0.3) is 0 Å². The summed E-state index contributed by atoms with van der Waals surface area (Å²) in [5, 5.41) is 2.44. The molecule has 1 aliphatic heterocycles. The summed E-state index contributed by atoms with van der Waals surface area (Å²) in [6.07, 6.45) is 3.99. The van der Waals surface area contributed by atoms with Gasteiger partial charge in [0.2, 0.25) is 0 Å². The Labute approximate surface area is 405 Å². The normalized spacial score (nSPS) is 15.9. The van der Waals surface area contributed by atoms with Gasteiger partial charge in [0.1, 0.15) is 0 Å². The first kappa shape index (κ1) is 37.9. The van der Waals surface area contributed by atoms with E-state index in [9.17, 15) is 0 Å². The summed E-state index contributed by atoms with van der Waals surface area (Å²) in [5.74, 6) is 0. The fourth-order valence-corrected chi connectivity index (χ4v) is 13.5. The Bertz CT molecular complexity index is 4110. The van der Waals surface area contributed by atoms with Crippen molar-refractivity contribution >= 4 is 38.9 Å². The van der Waals surface area contributed by atoms with Crippen molar-refractivity contribution in [2.45, 2.75) is 10.8 Å². The molecule has 16 rings (SSSR count). The molecule has 3 aromatic heterocycles. The monoisotopic (exact) mass is 888 g/mol. The van der Waals surface area contributed by atoms with Gasteiger partial charge in [0.15, 0.2) is 0 Å². The van der Waals surface area contributed by atoms with E-state index in [1.807, 2.05) is 6.20 Å². The zero-order valence-electron chi connectivity index (χ0n) is 37.9. The van der Waals surface area contributed by atoms with E-state index in [-0.39, 0.29) is 0 Å². The Hall–Kier alpha value is -9.12. The largest absolute Gasteiger partial charge is 0.310 e. The van der Waals surface area contributed by atoms with E-state index in [2.05, 4.69) is 246 Å². The van der Waals surface area contributed by atoms with Gasteiger partial charge < -0.3 is 9.47 Å². The molecule has 0 saturated heterocycles. The smallest absolute Gasteiger partial charge is 0.0939 e. The highest BCUT2D eigenvalue weighted by atomic mass is 15.2. The molecule has 4 nitrogen and oxygen atoms in total. The number of hydrogen-bond acceptors (Lipinski definition) is 3. The van der Waals surface area contributed by atoms with E-state index in [0.717, 1.165) is 56.3 Å². The lowest BCUT2D eigenvalue weighted by Crippen LogP contribution is -2.37. The number of aromatic nitrogens is 3. The van der Waals surface area contributed by atoms with Crippen LogP contribution in [0.1, 0.15) is 44.5 Å². The zero-order chi connectivity index (χ0) is 45.7. The van der Waals surface area contributed by atoms with E-state index in [0.29, 0.717) is 0 Å². The highest BCUT2D eigenvalue weighted by Crippen LogP contribution is 2.68. The minimum atomic E-state index is -0.793. The molecule has 1 atom stereocenters. The van der Waals surface area contributed by atoms with Gasteiger partial charge in [0.05, 0.1) is 56.5 Å². The zero-order valence-corrected chi connectivity index (χ0v) is 37.9. The van der Waals surface area contributed by atoms with Gasteiger partial charge in [-0.1, -0.05) is 170 Å². The molecule has 4 heterocycles. The molecule has 324 valence electrons. The highest BCUT2D eigenvalue weighted by Gasteiger charge is 2.57. The van der Waals surface area contributed by atoms with Gasteiger partial charge in [-0.25, -0.2) is 0 Å². The van der Waals surface area contributed by atoms with Gasteiger partial charge >= 0.3 is 0 Å². The van der Waals surface area contributed by atoms with Crippen LogP contribution in [0.4, 0.5) is 17.1 Å². The van der Waals surface area contributed by atoms with Crippen molar-refractivity contribution in [2.24, 2.45) is 0 Å². The molecule has 0 bridgehead atoms. The summed E-state index contributed by atoms with van der Waals surface area (Å²) in [5.41, 5.74) is 24.6. The summed E-state index contributed by atoms with van der Waals surface area (Å²) in [4.78, 5) is 13.3. The number of benzene rings is 9. The van der Waals surface area contributed by atoms with Crippen LogP contribution in [0.15, 0.2) is 243 Å². The first-order chi connectivity index (χ1) is 34.7. The Morgan fingerprint density at radius 3 is 1.63 bits per heavy atom. The Morgan fingerprint density at radius 2 is 0.886 bits per heavy atom. The predicted octanol–water partition coefficient (Wildman–Crippen LogP) is 15.7. The van der Waals surface area contributed by atoms with Crippen molar-refractivity contribution < 1.29 is 0 Å². The number of hydrogen-bond donors (Lipinski definition) is 0. The van der Waals surface area contributed by atoms with Crippen molar-refractivity contribution in [1.82, 2.24) is 14.5 Å². The second-order valence-electron chi connectivity index (χ2n) is 19.2. The van der Waals surface area contributed by atoms with Gasteiger partial charge in [-0.3, -0.25) is 9.97 Å². The molecule has 9 aromatic carbocycles. The number of pyridine rings is 2. The summed E-state index contributed by atoms with van der Waals surface area (Å²) < 4.78 is 2.40. The highest BCUT2D eigenvalue weighted by molar-refractivity contribution is 6.09. The fraction of sp³-hybridized carbons (Fsp3) is 0.0303. The molecule has 0 N–H and O–H groups in total. The minimum absolute atomic E-state index is 0.581. The molecular weight excluding hydrogens is 849 g/mol. The van der Waals surface area contributed by atoms with Gasteiger partial charge in [-0.2, -0.15) is 0 Å². The lowest BCUT2D eigenvalue weighted by atomic mass is 9.63. The van der Waals surface area contributed by atoms with Crippen molar-refractivity contribution in [3.63, 3.8) is 0 Å². The molecule has 70 heavy (non-hydrogen) atoms. The van der Waals surface area contributed by atoms with Gasteiger partial charge in [0, 0.05) is 28.2 Å². The van der Waals surface area contributed by atoms with Gasteiger partial charge in [-0.15, -0.1) is 0 Å². The average Bonchev–Trinajstić information content (AvgIpc) is 4.12. The van der Waals surface area contributed by atoms with Crippen LogP contribution in [0.5, 0.6) is 0 Å². The van der Waals surface area contributed by atoms with E-state index in [1.165, 1.54) is 77.5 Å². The van der Waals surface area contributed by atoms with Crippen molar-refractivity contribution in [3.8, 4) is 50.5 Å². The number of fused-ring (bicyclic) bond motifs is 22. The molecule has 4 heteroatoms. The molecule has 0 saturated carbocycles. The van der Waals surface area contributed by atoms with Crippen molar-refractivity contribution in [3.05, 3.63) is 287 Å². The standard InChI is InChI=1S/C66H40N4/c1-3-18-41(19-4-1)42-33-34-47-50-38-57-62(39-56(50)65(55(47)36-42)51-26-11-7-22-45(51)46-23-8-12-27-52(46)65)69(43-20-5-2-6-21-43)61-32-16-13-28-53(61)66(57)54-29-17-35-67-63(54)64-58(66)37-44(40-68-64)70-59-30-14-9-24-48(59)49-25-10-15-31-60(49)70/h1-40H. The SMILES string of the molecule is c1ccc(-c2ccc3c(c2)C2(c4ccccc4-c4ccccc42)c2cc4c(cc2-3)C2(c3ccccc3N4c3ccccc3)c3cccnc3-c3ncc(-n4c5ccccc5c5ccccc54)cc32)cc1. The lowest BCUT2D eigenvalue weighted by molar-refractivity contribution is 0.743. The average molecular weight is 889 g/mol. The Balaban J connectivity index is 1.06. The van der Waals surface area contributed by atoms with Crippen LogP contribution in [0.3, 0.4) is 0 Å². The molecule has 1 unspecified atom stereocenters. The third kappa shape index (κ3) is 4.61. The summed E-state index contributed by atoms with van der Waals surface area (Å²) in [7, 11) is 0. The Kier molecular flexibility index (Phi) is 7.45. The maximum absolute atomic E-state index is 5.50. The lowest BCUT2D eigenvalue weighted by Gasteiger charge is -2.45. The number of para-hydroxylation sites is 4. The predicted molar refractivity (Wildman–Crippen MR) is 284 cm³/mol. The number of nitrogens with zero attached hydrogens (tertiary/aromatic N) is 4. The molecule has 0 fully saturated rings.